The standard InChI is InChI=1S/C14H14F3NO/c1-9(2)7-10-3-5-11(6-4-10)12-8-13(18-19-12)14(15,16)17/h3-6,8-9H,7H2,1-2H3. The van der Waals surface area contributed by atoms with E-state index >= 15 is 0 Å². The van der Waals surface area contributed by atoms with Gasteiger partial charge in [0.15, 0.2) is 11.5 Å². The van der Waals surface area contributed by atoms with E-state index in [0.717, 1.165) is 18.1 Å². The first-order valence-corrected chi connectivity index (χ1v) is 5.99. The number of hydrogen-bond donors (Lipinski definition) is 0. The van der Waals surface area contributed by atoms with Crippen molar-refractivity contribution in [3.05, 3.63) is 41.6 Å². The summed E-state index contributed by atoms with van der Waals surface area (Å²) in [5, 5.41) is 3.03. The van der Waals surface area contributed by atoms with E-state index in [-0.39, 0.29) is 5.76 Å². The van der Waals surface area contributed by atoms with Crippen LogP contribution < -0.4 is 0 Å². The fourth-order valence-corrected chi connectivity index (χ4v) is 1.82. The van der Waals surface area contributed by atoms with Gasteiger partial charge in [0, 0.05) is 11.6 Å². The van der Waals surface area contributed by atoms with Crippen molar-refractivity contribution in [1.82, 2.24) is 5.16 Å². The average Bonchev–Trinajstić information content (AvgIpc) is 2.78. The molecule has 2 rings (SSSR count). The Kier molecular flexibility index (Phi) is 3.64. The Morgan fingerprint density at radius 2 is 1.79 bits per heavy atom. The quantitative estimate of drug-likeness (QED) is 0.816. The van der Waals surface area contributed by atoms with Gasteiger partial charge >= 0.3 is 6.18 Å². The van der Waals surface area contributed by atoms with Gasteiger partial charge in [-0.1, -0.05) is 43.3 Å². The Bertz CT molecular complexity index is 541. The third-order valence-electron chi connectivity index (χ3n) is 2.68. The second kappa shape index (κ2) is 5.07. The van der Waals surface area contributed by atoms with Crippen LogP contribution in [0.3, 0.4) is 0 Å². The normalized spacial score (nSPS) is 12.1. The van der Waals surface area contributed by atoms with Crippen LogP contribution in [0.5, 0.6) is 0 Å². The van der Waals surface area contributed by atoms with Crippen molar-refractivity contribution < 1.29 is 17.7 Å². The minimum atomic E-state index is -4.47. The molecule has 1 aromatic carbocycles. The molecule has 0 N–H and O–H groups in total. The van der Waals surface area contributed by atoms with Crippen molar-refractivity contribution in [1.29, 1.82) is 0 Å². The molecule has 0 bridgehead atoms. The molecular formula is C14H14F3NO. The van der Waals surface area contributed by atoms with Crippen LogP contribution in [-0.4, -0.2) is 5.16 Å². The molecule has 0 radical (unpaired) electrons. The smallest absolute Gasteiger partial charge is 0.356 e. The number of hydrogen-bond acceptors (Lipinski definition) is 2. The van der Waals surface area contributed by atoms with Crippen molar-refractivity contribution in [2.45, 2.75) is 26.4 Å². The minimum Gasteiger partial charge on any atom is -0.356 e. The lowest BCUT2D eigenvalue weighted by atomic mass is 10.0. The van der Waals surface area contributed by atoms with Gasteiger partial charge in [0.05, 0.1) is 0 Å². The maximum absolute atomic E-state index is 12.4. The number of nitrogens with zero attached hydrogens (tertiary/aromatic N) is 1. The lowest BCUT2D eigenvalue weighted by Crippen LogP contribution is -2.04. The van der Waals surface area contributed by atoms with E-state index in [1.807, 2.05) is 12.1 Å². The fourth-order valence-electron chi connectivity index (χ4n) is 1.82. The number of rotatable bonds is 3. The molecule has 0 unspecified atom stereocenters. The maximum atomic E-state index is 12.4. The van der Waals surface area contributed by atoms with Gasteiger partial charge in [-0.15, -0.1) is 0 Å². The second-order valence-corrected chi connectivity index (χ2v) is 4.87. The molecule has 2 aromatic rings. The number of aromatic nitrogens is 1. The molecule has 0 aliphatic carbocycles. The van der Waals surface area contributed by atoms with Crippen molar-refractivity contribution in [2.24, 2.45) is 5.92 Å². The zero-order chi connectivity index (χ0) is 14.0. The summed E-state index contributed by atoms with van der Waals surface area (Å²) in [6.07, 6.45) is -3.54. The molecule has 0 saturated carbocycles. The molecule has 5 heteroatoms. The molecule has 19 heavy (non-hydrogen) atoms. The summed E-state index contributed by atoms with van der Waals surface area (Å²) in [5.74, 6) is 0.663. The Morgan fingerprint density at radius 3 is 2.26 bits per heavy atom. The molecular weight excluding hydrogens is 255 g/mol. The molecule has 0 atom stereocenters. The molecule has 1 aromatic heterocycles. The molecule has 0 fully saturated rings. The predicted molar refractivity (Wildman–Crippen MR) is 65.5 cm³/mol. The van der Waals surface area contributed by atoms with Gasteiger partial charge in [-0.25, -0.2) is 0 Å². The molecule has 2 nitrogen and oxygen atoms in total. The summed E-state index contributed by atoms with van der Waals surface area (Å²) in [5.41, 5.74) is 0.735. The summed E-state index contributed by atoms with van der Waals surface area (Å²) in [6.45, 7) is 4.22. The molecule has 0 aliphatic rings. The Hall–Kier alpha value is -1.78. The molecule has 0 spiro atoms. The van der Waals surface area contributed by atoms with Crippen LogP contribution in [0, 0.1) is 5.92 Å². The highest BCUT2D eigenvalue weighted by atomic mass is 19.4. The van der Waals surface area contributed by atoms with Gasteiger partial charge in [0.25, 0.3) is 0 Å². The number of halogens is 3. The zero-order valence-electron chi connectivity index (χ0n) is 10.7. The first-order valence-electron chi connectivity index (χ1n) is 5.99. The van der Waals surface area contributed by atoms with E-state index in [1.165, 1.54) is 0 Å². The highest BCUT2D eigenvalue weighted by Gasteiger charge is 2.35. The fraction of sp³-hybridized carbons (Fsp3) is 0.357. The van der Waals surface area contributed by atoms with E-state index in [0.29, 0.717) is 11.5 Å². The van der Waals surface area contributed by atoms with Gasteiger partial charge in [-0.05, 0) is 17.9 Å². The largest absolute Gasteiger partial charge is 0.436 e. The first kappa shape index (κ1) is 13.6. The van der Waals surface area contributed by atoms with E-state index in [4.69, 9.17) is 4.52 Å². The van der Waals surface area contributed by atoms with Crippen LogP contribution in [0.15, 0.2) is 34.9 Å². The number of benzene rings is 1. The molecule has 0 amide bonds. The van der Waals surface area contributed by atoms with E-state index in [1.54, 1.807) is 12.1 Å². The van der Waals surface area contributed by atoms with Crippen molar-refractivity contribution in [3.63, 3.8) is 0 Å². The van der Waals surface area contributed by atoms with Gasteiger partial charge in [-0.2, -0.15) is 13.2 Å². The predicted octanol–water partition coefficient (Wildman–Crippen LogP) is 4.56. The summed E-state index contributed by atoms with van der Waals surface area (Å²) < 4.78 is 41.9. The van der Waals surface area contributed by atoms with Crippen molar-refractivity contribution in [3.8, 4) is 11.3 Å². The summed E-state index contributed by atoms with van der Waals surface area (Å²) in [7, 11) is 0. The molecule has 1 heterocycles. The summed E-state index contributed by atoms with van der Waals surface area (Å²) >= 11 is 0. The third kappa shape index (κ3) is 3.36. The Balaban J connectivity index is 2.20. The van der Waals surface area contributed by atoms with E-state index in [2.05, 4.69) is 19.0 Å². The molecule has 0 saturated heterocycles. The first-order chi connectivity index (χ1) is 8.86. The summed E-state index contributed by atoms with van der Waals surface area (Å²) in [6, 6.07) is 8.20. The Morgan fingerprint density at radius 1 is 1.16 bits per heavy atom. The average molecular weight is 269 g/mol. The minimum absolute atomic E-state index is 0.128. The number of alkyl halides is 3. The molecule has 0 aliphatic heterocycles. The van der Waals surface area contributed by atoms with Crippen molar-refractivity contribution in [2.75, 3.05) is 0 Å². The second-order valence-electron chi connectivity index (χ2n) is 4.87. The monoisotopic (exact) mass is 269 g/mol. The topological polar surface area (TPSA) is 26.0 Å². The highest BCUT2D eigenvalue weighted by molar-refractivity contribution is 5.57. The zero-order valence-corrected chi connectivity index (χ0v) is 10.7. The van der Waals surface area contributed by atoms with Crippen LogP contribution in [0.4, 0.5) is 13.2 Å². The van der Waals surface area contributed by atoms with Crippen LogP contribution >= 0.6 is 0 Å². The summed E-state index contributed by atoms with van der Waals surface area (Å²) in [4.78, 5) is 0. The van der Waals surface area contributed by atoms with E-state index < -0.39 is 11.9 Å². The molecule has 102 valence electrons. The SMILES string of the molecule is CC(C)Cc1ccc(-c2cc(C(F)(F)F)no2)cc1. The van der Waals surface area contributed by atoms with E-state index in [9.17, 15) is 13.2 Å². The third-order valence-corrected chi connectivity index (χ3v) is 2.68. The van der Waals surface area contributed by atoms with Crippen LogP contribution in [0.1, 0.15) is 25.1 Å². The Labute approximate surface area is 109 Å². The lowest BCUT2D eigenvalue weighted by Gasteiger charge is -2.04. The van der Waals surface area contributed by atoms with Crippen LogP contribution in [0.2, 0.25) is 0 Å². The van der Waals surface area contributed by atoms with Crippen molar-refractivity contribution >= 4 is 0 Å². The van der Waals surface area contributed by atoms with Crippen LogP contribution in [-0.2, 0) is 12.6 Å². The van der Waals surface area contributed by atoms with Gasteiger partial charge < -0.3 is 4.52 Å². The highest BCUT2D eigenvalue weighted by Crippen LogP contribution is 2.31. The van der Waals surface area contributed by atoms with Crippen LogP contribution in [0.25, 0.3) is 11.3 Å². The lowest BCUT2D eigenvalue weighted by molar-refractivity contribution is -0.142. The van der Waals surface area contributed by atoms with Gasteiger partial charge in [-0.3, -0.25) is 0 Å². The van der Waals surface area contributed by atoms with Gasteiger partial charge in [0.2, 0.25) is 0 Å². The maximum Gasteiger partial charge on any atom is 0.436 e. The van der Waals surface area contributed by atoms with Gasteiger partial charge in [0.1, 0.15) is 0 Å².